The van der Waals surface area contributed by atoms with E-state index >= 15 is 0 Å². The molecule has 2 rings (SSSR count). The molecule has 0 bridgehead atoms. The van der Waals surface area contributed by atoms with Gasteiger partial charge in [-0.1, -0.05) is 19.8 Å². The molecule has 1 aliphatic carbocycles. The summed E-state index contributed by atoms with van der Waals surface area (Å²) in [7, 11) is 0. The number of rotatable bonds is 4. The van der Waals surface area contributed by atoms with Crippen LogP contribution < -0.4 is 5.32 Å². The Morgan fingerprint density at radius 3 is 2.62 bits per heavy atom. The van der Waals surface area contributed by atoms with Crippen molar-refractivity contribution in [2.24, 2.45) is 5.92 Å². The molecule has 21 heavy (non-hydrogen) atoms. The molecule has 1 aromatic rings. The van der Waals surface area contributed by atoms with Crippen molar-refractivity contribution in [1.82, 2.24) is 0 Å². The number of nitriles is 1. The third kappa shape index (κ3) is 4.30. The van der Waals surface area contributed by atoms with Gasteiger partial charge in [0.15, 0.2) is 0 Å². The third-order valence-electron chi connectivity index (χ3n) is 4.06. The topological polar surface area (TPSA) is 62.1 Å². The van der Waals surface area contributed by atoms with Crippen molar-refractivity contribution >= 4 is 11.6 Å². The highest BCUT2D eigenvalue weighted by atomic mass is 16.5. The molecule has 0 heterocycles. The minimum atomic E-state index is -0.466. The summed E-state index contributed by atoms with van der Waals surface area (Å²) in [5.74, 6) is 0.376. The Morgan fingerprint density at radius 1 is 1.33 bits per heavy atom. The highest BCUT2D eigenvalue weighted by Gasteiger charge is 2.26. The molecule has 1 amide bonds. The lowest BCUT2D eigenvalue weighted by Crippen LogP contribution is -2.35. The van der Waals surface area contributed by atoms with E-state index in [0.29, 0.717) is 17.2 Å². The molecule has 4 heteroatoms. The third-order valence-corrected chi connectivity index (χ3v) is 4.06. The van der Waals surface area contributed by atoms with Gasteiger partial charge in [0.2, 0.25) is 0 Å². The summed E-state index contributed by atoms with van der Waals surface area (Å²) in [4.78, 5) is 12.1. The minimum absolute atomic E-state index is 0.141. The number of nitrogens with one attached hydrogen (secondary N) is 1. The van der Waals surface area contributed by atoms with Crippen LogP contribution in [0.2, 0.25) is 0 Å². The molecule has 1 N–H and O–H groups in total. The molecule has 0 saturated heterocycles. The van der Waals surface area contributed by atoms with E-state index in [1.807, 2.05) is 0 Å². The molecule has 112 valence electrons. The Bertz CT molecular complexity index is 519. The maximum absolute atomic E-state index is 12.1. The quantitative estimate of drug-likeness (QED) is 0.921. The van der Waals surface area contributed by atoms with Gasteiger partial charge in [-0.3, -0.25) is 4.79 Å². The summed E-state index contributed by atoms with van der Waals surface area (Å²) >= 11 is 0. The lowest BCUT2D eigenvalue weighted by molar-refractivity contribution is -0.133. The van der Waals surface area contributed by atoms with Gasteiger partial charge < -0.3 is 10.1 Å². The normalized spacial score (nSPS) is 23.1. The van der Waals surface area contributed by atoms with Gasteiger partial charge in [0, 0.05) is 5.69 Å². The Balaban J connectivity index is 1.88. The summed E-state index contributed by atoms with van der Waals surface area (Å²) in [6, 6.07) is 8.88. The molecule has 3 unspecified atom stereocenters. The molecule has 3 atom stereocenters. The number of carbonyl (C=O) groups is 1. The number of amides is 1. The van der Waals surface area contributed by atoms with E-state index < -0.39 is 6.10 Å². The average Bonchev–Trinajstić information content (AvgIpc) is 2.50. The smallest absolute Gasteiger partial charge is 0.253 e. The van der Waals surface area contributed by atoms with Crippen molar-refractivity contribution in [1.29, 1.82) is 5.26 Å². The highest BCUT2D eigenvalue weighted by molar-refractivity contribution is 5.93. The maximum atomic E-state index is 12.1. The molecule has 0 radical (unpaired) electrons. The molecule has 1 aromatic carbocycles. The molecule has 1 aliphatic rings. The van der Waals surface area contributed by atoms with Crippen molar-refractivity contribution in [2.75, 3.05) is 5.32 Å². The molecule has 4 nitrogen and oxygen atoms in total. The fourth-order valence-corrected chi connectivity index (χ4v) is 2.68. The van der Waals surface area contributed by atoms with E-state index in [9.17, 15) is 4.79 Å². The van der Waals surface area contributed by atoms with E-state index in [1.165, 1.54) is 19.3 Å². The standard InChI is InChI=1S/C17H22N2O2/c1-12-5-3-4-6-16(12)21-13(2)17(20)19-15-9-7-14(11-18)8-10-15/h7-10,12-13,16H,3-6H2,1-2H3,(H,19,20). The number of nitrogens with zero attached hydrogens (tertiary/aromatic N) is 1. The van der Waals surface area contributed by atoms with Crippen LogP contribution in [0.1, 0.15) is 45.1 Å². The fraction of sp³-hybridized carbons (Fsp3) is 0.529. The summed E-state index contributed by atoms with van der Waals surface area (Å²) in [5.41, 5.74) is 1.26. The first-order valence-electron chi connectivity index (χ1n) is 7.56. The van der Waals surface area contributed by atoms with Crippen LogP contribution >= 0.6 is 0 Å². The SMILES string of the molecule is CC(OC1CCCCC1C)C(=O)Nc1ccc(C#N)cc1. The zero-order valence-corrected chi connectivity index (χ0v) is 12.6. The van der Waals surface area contributed by atoms with Crippen LogP contribution in [0.15, 0.2) is 24.3 Å². The van der Waals surface area contributed by atoms with Gasteiger partial charge >= 0.3 is 0 Å². The zero-order chi connectivity index (χ0) is 15.2. The Labute approximate surface area is 126 Å². The van der Waals surface area contributed by atoms with E-state index in [1.54, 1.807) is 31.2 Å². The van der Waals surface area contributed by atoms with Crippen LogP contribution in [-0.2, 0) is 9.53 Å². The van der Waals surface area contributed by atoms with Gasteiger partial charge in [-0.2, -0.15) is 5.26 Å². The van der Waals surface area contributed by atoms with Crippen molar-refractivity contribution in [3.63, 3.8) is 0 Å². The van der Waals surface area contributed by atoms with E-state index in [2.05, 4.69) is 18.3 Å². The van der Waals surface area contributed by atoms with Crippen LogP contribution in [-0.4, -0.2) is 18.1 Å². The predicted octanol–water partition coefficient (Wildman–Crippen LogP) is 3.48. The van der Waals surface area contributed by atoms with Gasteiger partial charge in [0.25, 0.3) is 5.91 Å². The van der Waals surface area contributed by atoms with Gasteiger partial charge in [-0.15, -0.1) is 0 Å². The number of anilines is 1. The number of hydrogen-bond acceptors (Lipinski definition) is 3. The van der Waals surface area contributed by atoms with Crippen LogP contribution in [0, 0.1) is 17.2 Å². The summed E-state index contributed by atoms with van der Waals surface area (Å²) < 4.78 is 5.92. The Hall–Kier alpha value is -1.86. The summed E-state index contributed by atoms with van der Waals surface area (Å²) in [6.45, 7) is 3.98. The molecule has 1 saturated carbocycles. The van der Waals surface area contributed by atoms with E-state index in [0.717, 1.165) is 6.42 Å². The predicted molar refractivity (Wildman–Crippen MR) is 81.8 cm³/mol. The van der Waals surface area contributed by atoms with Crippen LogP contribution in [0.25, 0.3) is 0 Å². The monoisotopic (exact) mass is 286 g/mol. The van der Waals surface area contributed by atoms with Crippen molar-refractivity contribution < 1.29 is 9.53 Å². The number of carbonyl (C=O) groups excluding carboxylic acids is 1. The first-order chi connectivity index (χ1) is 10.1. The minimum Gasteiger partial charge on any atom is -0.365 e. The van der Waals surface area contributed by atoms with Gasteiger partial charge in [-0.25, -0.2) is 0 Å². The molecule has 0 spiro atoms. The Morgan fingerprint density at radius 2 is 2.00 bits per heavy atom. The second kappa shape index (κ2) is 7.24. The van der Waals surface area contributed by atoms with Crippen molar-refractivity contribution in [3.05, 3.63) is 29.8 Å². The number of benzene rings is 1. The number of ether oxygens (including phenoxy) is 1. The highest BCUT2D eigenvalue weighted by Crippen LogP contribution is 2.27. The van der Waals surface area contributed by atoms with Gasteiger partial charge in [0.1, 0.15) is 6.10 Å². The zero-order valence-electron chi connectivity index (χ0n) is 12.6. The molecular formula is C17H22N2O2. The molecule has 0 aliphatic heterocycles. The van der Waals surface area contributed by atoms with Gasteiger partial charge in [0.05, 0.1) is 17.7 Å². The molecule has 0 aromatic heterocycles. The fourth-order valence-electron chi connectivity index (χ4n) is 2.68. The lowest BCUT2D eigenvalue weighted by Gasteiger charge is -2.30. The largest absolute Gasteiger partial charge is 0.365 e. The Kier molecular flexibility index (Phi) is 5.35. The van der Waals surface area contributed by atoms with Crippen LogP contribution in [0.3, 0.4) is 0 Å². The van der Waals surface area contributed by atoms with Crippen LogP contribution in [0.4, 0.5) is 5.69 Å². The lowest BCUT2D eigenvalue weighted by atomic mass is 9.88. The second-order valence-electron chi connectivity index (χ2n) is 5.76. The van der Waals surface area contributed by atoms with Crippen molar-refractivity contribution in [2.45, 2.75) is 51.7 Å². The van der Waals surface area contributed by atoms with Crippen molar-refractivity contribution in [3.8, 4) is 6.07 Å². The molecular weight excluding hydrogens is 264 g/mol. The molecule has 1 fully saturated rings. The second-order valence-corrected chi connectivity index (χ2v) is 5.76. The average molecular weight is 286 g/mol. The van der Waals surface area contributed by atoms with E-state index in [-0.39, 0.29) is 12.0 Å². The van der Waals surface area contributed by atoms with Crippen LogP contribution in [0.5, 0.6) is 0 Å². The number of hydrogen-bond donors (Lipinski definition) is 1. The first kappa shape index (κ1) is 15.5. The summed E-state index contributed by atoms with van der Waals surface area (Å²) in [6.07, 6.45) is 4.36. The van der Waals surface area contributed by atoms with Gasteiger partial charge in [-0.05, 0) is 49.9 Å². The van der Waals surface area contributed by atoms with E-state index in [4.69, 9.17) is 10.00 Å². The first-order valence-corrected chi connectivity index (χ1v) is 7.56. The maximum Gasteiger partial charge on any atom is 0.253 e. The summed E-state index contributed by atoms with van der Waals surface area (Å²) in [5, 5.41) is 11.6.